The van der Waals surface area contributed by atoms with Gasteiger partial charge >= 0.3 is 12.1 Å². The summed E-state index contributed by atoms with van der Waals surface area (Å²) in [5, 5.41) is 3.18. The zero-order chi connectivity index (χ0) is 13.6. The minimum atomic E-state index is -4.86. The fourth-order valence-corrected chi connectivity index (χ4v) is 1.13. The summed E-state index contributed by atoms with van der Waals surface area (Å²) < 4.78 is 32.1. The number of hydrogen-bond donors (Lipinski definition) is 2. The molecule has 0 atom stereocenters. The molecular formula is C12H11F3N2O. The number of para-hydroxylation sites is 1. The summed E-state index contributed by atoms with van der Waals surface area (Å²) in [5.41, 5.74) is 6.20. The molecule has 0 aliphatic carbocycles. The van der Waals surface area contributed by atoms with Gasteiger partial charge in [-0.05, 0) is 17.7 Å². The SMILES string of the molecule is C1=CNc2ccccc2C=C1.NC(=O)C(F)(F)F. The first-order chi connectivity index (χ1) is 8.41. The van der Waals surface area contributed by atoms with Crippen LogP contribution in [0.5, 0.6) is 0 Å². The second kappa shape index (κ2) is 5.90. The predicted molar refractivity (Wildman–Crippen MR) is 63.5 cm³/mol. The Kier molecular flexibility index (Phi) is 4.53. The van der Waals surface area contributed by atoms with Crippen molar-refractivity contribution in [1.82, 2.24) is 0 Å². The minimum Gasteiger partial charge on any atom is -0.362 e. The molecule has 0 saturated carbocycles. The predicted octanol–water partition coefficient (Wildman–Crippen LogP) is 2.67. The molecule has 1 heterocycles. The number of rotatable bonds is 0. The van der Waals surface area contributed by atoms with Gasteiger partial charge in [-0.25, -0.2) is 0 Å². The van der Waals surface area contributed by atoms with E-state index in [0.29, 0.717) is 0 Å². The van der Waals surface area contributed by atoms with Gasteiger partial charge in [-0.15, -0.1) is 0 Å². The van der Waals surface area contributed by atoms with Crippen LogP contribution in [0.4, 0.5) is 18.9 Å². The van der Waals surface area contributed by atoms with Crippen molar-refractivity contribution in [2.45, 2.75) is 6.18 Å². The molecule has 1 aromatic carbocycles. The van der Waals surface area contributed by atoms with Crippen LogP contribution >= 0.6 is 0 Å². The van der Waals surface area contributed by atoms with Gasteiger partial charge in [0.15, 0.2) is 0 Å². The Morgan fingerprint density at radius 3 is 2.39 bits per heavy atom. The van der Waals surface area contributed by atoms with E-state index in [4.69, 9.17) is 4.79 Å². The van der Waals surface area contributed by atoms with Crippen molar-refractivity contribution in [3.05, 3.63) is 48.2 Å². The number of carbonyl (C=O) groups is 1. The maximum absolute atomic E-state index is 10.7. The molecule has 0 fully saturated rings. The Balaban J connectivity index is 0.000000203. The highest BCUT2D eigenvalue weighted by atomic mass is 19.4. The Morgan fingerprint density at radius 2 is 1.78 bits per heavy atom. The zero-order valence-electron chi connectivity index (χ0n) is 9.24. The van der Waals surface area contributed by atoms with E-state index in [1.165, 1.54) is 5.56 Å². The Morgan fingerprint density at radius 1 is 1.17 bits per heavy atom. The monoisotopic (exact) mass is 256 g/mol. The number of alkyl halides is 3. The van der Waals surface area contributed by atoms with Crippen molar-refractivity contribution >= 4 is 17.7 Å². The van der Waals surface area contributed by atoms with Crippen LogP contribution in [0.1, 0.15) is 5.56 Å². The molecule has 0 saturated heterocycles. The molecule has 0 bridgehead atoms. The summed E-state index contributed by atoms with van der Waals surface area (Å²) in [4.78, 5) is 9.12. The van der Waals surface area contributed by atoms with Gasteiger partial charge in [0.25, 0.3) is 0 Å². The number of anilines is 1. The van der Waals surface area contributed by atoms with Crippen molar-refractivity contribution in [3.63, 3.8) is 0 Å². The molecule has 6 heteroatoms. The number of halogens is 3. The lowest BCUT2D eigenvalue weighted by Crippen LogP contribution is -2.30. The standard InChI is InChI=1S/C10H9N.C2H2F3NO/c1-2-7-10-9(5-1)6-3-4-8-11-10;3-2(4,5)1(6)7/h1-8,11H;(H2,6,7). The molecule has 3 N–H and O–H groups in total. The Bertz CT molecular complexity index is 478. The van der Waals surface area contributed by atoms with E-state index in [-0.39, 0.29) is 0 Å². The first kappa shape index (κ1) is 13.8. The molecule has 2 rings (SSSR count). The normalized spacial score (nSPS) is 12.6. The van der Waals surface area contributed by atoms with Crippen LogP contribution < -0.4 is 11.1 Å². The summed E-state index contributed by atoms with van der Waals surface area (Å²) in [6.45, 7) is 0. The maximum atomic E-state index is 10.7. The summed E-state index contributed by atoms with van der Waals surface area (Å²) >= 11 is 0. The number of hydrogen-bond acceptors (Lipinski definition) is 2. The number of allylic oxidation sites excluding steroid dienone is 2. The van der Waals surface area contributed by atoms with Gasteiger partial charge in [-0.3, -0.25) is 4.79 Å². The van der Waals surface area contributed by atoms with Gasteiger partial charge in [0.2, 0.25) is 0 Å². The van der Waals surface area contributed by atoms with E-state index >= 15 is 0 Å². The van der Waals surface area contributed by atoms with Crippen LogP contribution in [0.25, 0.3) is 6.08 Å². The average molecular weight is 256 g/mol. The third-order valence-corrected chi connectivity index (χ3v) is 1.96. The van der Waals surface area contributed by atoms with E-state index in [1.54, 1.807) is 0 Å². The largest absolute Gasteiger partial charge is 0.470 e. The fourth-order valence-electron chi connectivity index (χ4n) is 1.13. The van der Waals surface area contributed by atoms with Gasteiger partial charge in [0.1, 0.15) is 0 Å². The molecule has 1 aliphatic heterocycles. The summed E-state index contributed by atoms with van der Waals surface area (Å²) in [5.74, 6) is -2.26. The van der Waals surface area contributed by atoms with Crippen LogP contribution in [0.2, 0.25) is 0 Å². The smallest absolute Gasteiger partial charge is 0.362 e. The van der Waals surface area contributed by atoms with Crippen LogP contribution in [0, 0.1) is 0 Å². The Hall–Kier alpha value is -2.24. The summed E-state index contributed by atoms with van der Waals surface area (Å²) in [7, 11) is 0. The molecule has 96 valence electrons. The third kappa shape index (κ3) is 4.32. The van der Waals surface area contributed by atoms with Crippen molar-refractivity contribution in [2.24, 2.45) is 5.73 Å². The minimum absolute atomic E-state index is 1.16. The lowest BCUT2D eigenvalue weighted by Gasteiger charge is -2.01. The highest BCUT2D eigenvalue weighted by molar-refractivity contribution is 5.79. The first-order valence-corrected chi connectivity index (χ1v) is 4.96. The van der Waals surface area contributed by atoms with Crippen molar-refractivity contribution < 1.29 is 18.0 Å². The van der Waals surface area contributed by atoms with Crippen LogP contribution in [-0.4, -0.2) is 12.1 Å². The number of nitrogens with one attached hydrogen (secondary N) is 1. The highest BCUT2D eigenvalue weighted by Gasteiger charge is 2.35. The second-order valence-corrected chi connectivity index (χ2v) is 3.31. The molecule has 0 radical (unpaired) electrons. The summed E-state index contributed by atoms with van der Waals surface area (Å²) in [6, 6.07) is 8.22. The quantitative estimate of drug-likeness (QED) is 0.749. The van der Waals surface area contributed by atoms with Gasteiger partial charge in [0.05, 0.1) is 0 Å². The maximum Gasteiger partial charge on any atom is 0.470 e. The van der Waals surface area contributed by atoms with Gasteiger partial charge in [0, 0.05) is 11.9 Å². The molecule has 0 aromatic heterocycles. The highest BCUT2D eigenvalue weighted by Crippen LogP contribution is 2.18. The number of nitrogens with two attached hydrogens (primary N) is 1. The molecule has 0 spiro atoms. The molecule has 0 unspecified atom stereocenters. The van der Waals surface area contributed by atoms with Crippen LogP contribution in [0.3, 0.4) is 0 Å². The van der Waals surface area contributed by atoms with Crippen LogP contribution in [-0.2, 0) is 4.79 Å². The van der Waals surface area contributed by atoms with E-state index in [2.05, 4.69) is 29.3 Å². The molecule has 18 heavy (non-hydrogen) atoms. The molecule has 1 aliphatic rings. The lowest BCUT2D eigenvalue weighted by molar-refractivity contribution is -0.169. The number of benzene rings is 1. The Labute approximate surface area is 102 Å². The van der Waals surface area contributed by atoms with Gasteiger partial charge in [-0.1, -0.05) is 30.4 Å². The van der Waals surface area contributed by atoms with Crippen molar-refractivity contribution in [2.75, 3.05) is 5.32 Å². The van der Waals surface area contributed by atoms with Crippen LogP contribution in [0.15, 0.2) is 42.6 Å². The topological polar surface area (TPSA) is 55.1 Å². The molecule has 1 aromatic rings. The van der Waals surface area contributed by atoms with E-state index in [0.717, 1.165) is 5.69 Å². The van der Waals surface area contributed by atoms with Gasteiger partial charge in [-0.2, -0.15) is 13.2 Å². The zero-order valence-corrected chi connectivity index (χ0v) is 9.24. The number of amides is 1. The number of carbonyl (C=O) groups excluding carboxylic acids is 1. The van der Waals surface area contributed by atoms with E-state index < -0.39 is 12.1 Å². The second-order valence-electron chi connectivity index (χ2n) is 3.31. The molecule has 1 amide bonds. The molecular weight excluding hydrogens is 245 g/mol. The number of primary amides is 1. The van der Waals surface area contributed by atoms with E-state index in [1.807, 2.05) is 30.5 Å². The van der Waals surface area contributed by atoms with Gasteiger partial charge < -0.3 is 11.1 Å². The average Bonchev–Trinajstić information content (AvgIpc) is 2.53. The van der Waals surface area contributed by atoms with E-state index in [9.17, 15) is 13.2 Å². The first-order valence-electron chi connectivity index (χ1n) is 4.96. The fraction of sp³-hybridized carbons (Fsp3) is 0.0833. The van der Waals surface area contributed by atoms with Crippen molar-refractivity contribution in [1.29, 1.82) is 0 Å². The number of fused-ring (bicyclic) bond motifs is 1. The third-order valence-electron chi connectivity index (χ3n) is 1.96. The summed E-state index contributed by atoms with van der Waals surface area (Å²) in [6.07, 6.45) is 3.17. The van der Waals surface area contributed by atoms with Crippen molar-refractivity contribution in [3.8, 4) is 0 Å². The lowest BCUT2D eigenvalue weighted by atomic mass is 10.2. The molecule has 3 nitrogen and oxygen atoms in total.